The SMILES string of the molecule is C=CC(=O)NC1CN(c2nc(-c3ccc(C(F)(F)F)cc3)nc3cnccc23)C1. The van der Waals surface area contributed by atoms with Gasteiger partial charge in [-0.05, 0) is 24.3 Å². The zero-order valence-electron chi connectivity index (χ0n) is 15.1. The van der Waals surface area contributed by atoms with Crippen LogP contribution >= 0.6 is 0 Å². The number of nitrogens with zero attached hydrogens (tertiary/aromatic N) is 4. The fourth-order valence-corrected chi connectivity index (χ4v) is 3.15. The van der Waals surface area contributed by atoms with E-state index in [9.17, 15) is 18.0 Å². The predicted octanol–water partition coefficient (Wildman–Crippen LogP) is 3.20. The Balaban J connectivity index is 1.67. The maximum absolute atomic E-state index is 12.8. The van der Waals surface area contributed by atoms with Gasteiger partial charge in [0.2, 0.25) is 5.91 Å². The van der Waals surface area contributed by atoms with E-state index in [1.165, 1.54) is 18.2 Å². The molecule has 0 aliphatic carbocycles. The van der Waals surface area contributed by atoms with Gasteiger partial charge >= 0.3 is 6.18 Å². The number of amides is 1. The largest absolute Gasteiger partial charge is 0.416 e. The summed E-state index contributed by atoms with van der Waals surface area (Å²) < 4.78 is 38.5. The van der Waals surface area contributed by atoms with E-state index in [0.717, 1.165) is 17.5 Å². The summed E-state index contributed by atoms with van der Waals surface area (Å²) in [6, 6.07) is 6.49. The molecule has 29 heavy (non-hydrogen) atoms. The molecule has 9 heteroatoms. The number of fused-ring (bicyclic) bond motifs is 1. The molecule has 1 aromatic carbocycles. The second-order valence-electron chi connectivity index (χ2n) is 6.65. The molecular weight excluding hydrogens is 383 g/mol. The smallest absolute Gasteiger partial charge is 0.352 e. The van der Waals surface area contributed by atoms with Crippen LogP contribution in [0.3, 0.4) is 0 Å². The van der Waals surface area contributed by atoms with E-state index < -0.39 is 11.7 Å². The summed E-state index contributed by atoms with van der Waals surface area (Å²) in [6.07, 6.45) is 0.0338. The lowest BCUT2D eigenvalue weighted by Crippen LogP contribution is -2.59. The van der Waals surface area contributed by atoms with Crippen LogP contribution in [-0.2, 0) is 11.0 Å². The highest BCUT2D eigenvalue weighted by Gasteiger charge is 2.31. The molecule has 1 amide bonds. The second kappa shape index (κ2) is 7.16. The summed E-state index contributed by atoms with van der Waals surface area (Å²) in [5.41, 5.74) is 0.334. The number of rotatable bonds is 4. The number of hydrogen-bond acceptors (Lipinski definition) is 5. The summed E-state index contributed by atoms with van der Waals surface area (Å²) in [5, 5.41) is 3.60. The minimum Gasteiger partial charge on any atom is -0.352 e. The first kappa shape index (κ1) is 18.9. The minimum atomic E-state index is -4.40. The lowest BCUT2D eigenvalue weighted by molar-refractivity contribution is -0.137. The Labute approximate surface area is 164 Å². The Morgan fingerprint density at radius 1 is 1.17 bits per heavy atom. The van der Waals surface area contributed by atoms with Crippen molar-refractivity contribution in [2.24, 2.45) is 0 Å². The van der Waals surface area contributed by atoms with Crippen LogP contribution < -0.4 is 10.2 Å². The predicted molar refractivity (Wildman–Crippen MR) is 102 cm³/mol. The first-order valence-corrected chi connectivity index (χ1v) is 8.82. The molecular formula is C20H16F3N5O. The fourth-order valence-electron chi connectivity index (χ4n) is 3.15. The van der Waals surface area contributed by atoms with Crippen LogP contribution in [0.4, 0.5) is 19.0 Å². The molecule has 2 aromatic heterocycles. The van der Waals surface area contributed by atoms with Gasteiger partial charge in [-0.3, -0.25) is 9.78 Å². The van der Waals surface area contributed by atoms with E-state index >= 15 is 0 Å². The molecule has 3 aromatic rings. The number of anilines is 1. The highest BCUT2D eigenvalue weighted by molar-refractivity contribution is 5.91. The highest BCUT2D eigenvalue weighted by Crippen LogP contribution is 2.32. The van der Waals surface area contributed by atoms with Crippen molar-refractivity contribution in [2.45, 2.75) is 12.2 Å². The molecule has 0 spiro atoms. The zero-order chi connectivity index (χ0) is 20.6. The molecule has 1 fully saturated rings. The third-order valence-corrected chi connectivity index (χ3v) is 4.66. The number of benzene rings is 1. The Hall–Kier alpha value is -3.49. The first-order valence-electron chi connectivity index (χ1n) is 8.82. The van der Waals surface area contributed by atoms with Crippen LogP contribution in [0.1, 0.15) is 5.56 Å². The number of carbonyl (C=O) groups excluding carboxylic acids is 1. The minimum absolute atomic E-state index is 0.0260. The van der Waals surface area contributed by atoms with Gasteiger partial charge in [0, 0.05) is 30.2 Å². The first-order chi connectivity index (χ1) is 13.8. The van der Waals surface area contributed by atoms with Gasteiger partial charge in [-0.1, -0.05) is 18.7 Å². The Bertz CT molecular complexity index is 1080. The van der Waals surface area contributed by atoms with Crippen molar-refractivity contribution in [1.82, 2.24) is 20.3 Å². The molecule has 0 radical (unpaired) electrons. The number of alkyl halides is 3. The molecule has 0 atom stereocenters. The van der Waals surface area contributed by atoms with Crippen LogP contribution in [0.15, 0.2) is 55.4 Å². The van der Waals surface area contributed by atoms with Gasteiger partial charge in [0.05, 0.1) is 23.3 Å². The van der Waals surface area contributed by atoms with E-state index in [0.29, 0.717) is 35.8 Å². The lowest BCUT2D eigenvalue weighted by atomic mass is 10.1. The summed E-state index contributed by atoms with van der Waals surface area (Å²) >= 11 is 0. The summed E-state index contributed by atoms with van der Waals surface area (Å²) in [5.74, 6) is 0.723. The number of carbonyl (C=O) groups is 1. The van der Waals surface area contributed by atoms with E-state index in [-0.39, 0.29) is 11.9 Å². The summed E-state index contributed by atoms with van der Waals surface area (Å²) in [4.78, 5) is 26.5. The monoisotopic (exact) mass is 399 g/mol. The quantitative estimate of drug-likeness (QED) is 0.683. The molecule has 0 unspecified atom stereocenters. The third kappa shape index (κ3) is 3.75. The number of nitrogens with one attached hydrogen (secondary N) is 1. The lowest BCUT2D eigenvalue weighted by Gasteiger charge is -2.40. The fraction of sp³-hybridized carbons (Fsp3) is 0.200. The summed E-state index contributed by atoms with van der Waals surface area (Å²) in [7, 11) is 0. The molecule has 1 aliphatic heterocycles. The van der Waals surface area contributed by atoms with Crippen molar-refractivity contribution in [1.29, 1.82) is 0 Å². The van der Waals surface area contributed by atoms with Gasteiger partial charge in [0.25, 0.3) is 0 Å². The van der Waals surface area contributed by atoms with Crippen molar-refractivity contribution in [2.75, 3.05) is 18.0 Å². The average molecular weight is 399 g/mol. The topological polar surface area (TPSA) is 71.0 Å². The molecule has 1 aliphatic rings. The van der Waals surface area contributed by atoms with Gasteiger partial charge < -0.3 is 10.2 Å². The van der Waals surface area contributed by atoms with Gasteiger partial charge in [-0.25, -0.2) is 9.97 Å². The number of hydrogen-bond donors (Lipinski definition) is 1. The van der Waals surface area contributed by atoms with Crippen molar-refractivity contribution in [3.8, 4) is 11.4 Å². The molecule has 3 heterocycles. The number of halogens is 3. The summed E-state index contributed by atoms with van der Waals surface area (Å²) in [6.45, 7) is 4.55. The van der Waals surface area contributed by atoms with Gasteiger partial charge in [0.15, 0.2) is 5.82 Å². The van der Waals surface area contributed by atoms with Crippen molar-refractivity contribution in [3.05, 3.63) is 60.9 Å². The number of aromatic nitrogens is 3. The molecule has 148 valence electrons. The van der Waals surface area contributed by atoms with Gasteiger partial charge in [0.1, 0.15) is 5.82 Å². The van der Waals surface area contributed by atoms with E-state index in [4.69, 9.17) is 0 Å². The van der Waals surface area contributed by atoms with Crippen LogP contribution in [-0.4, -0.2) is 40.0 Å². The van der Waals surface area contributed by atoms with Crippen molar-refractivity contribution >= 4 is 22.6 Å². The third-order valence-electron chi connectivity index (χ3n) is 4.66. The molecule has 0 bridgehead atoms. The molecule has 6 nitrogen and oxygen atoms in total. The van der Waals surface area contributed by atoms with Crippen LogP contribution in [0.2, 0.25) is 0 Å². The Morgan fingerprint density at radius 2 is 1.90 bits per heavy atom. The molecule has 4 rings (SSSR count). The Morgan fingerprint density at radius 3 is 2.55 bits per heavy atom. The molecule has 1 N–H and O–H groups in total. The van der Waals surface area contributed by atoms with Crippen molar-refractivity contribution < 1.29 is 18.0 Å². The average Bonchev–Trinajstić information content (AvgIpc) is 2.69. The van der Waals surface area contributed by atoms with Crippen LogP contribution in [0.5, 0.6) is 0 Å². The van der Waals surface area contributed by atoms with Crippen LogP contribution in [0.25, 0.3) is 22.3 Å². The van der Waals surface area contributed by atoms with Crippen LogP contribution in [0, 0.1) is 0 Å². The molecule has 1 saturated heterocycles. The van der Waals surface area contributed by atoms with E-state index in [1.807, 2.05) is 4.90 Å². The number of pyridine rings is 1. The maximum atomic E-state index is 12.8. The van der Waals surface area contributed by atoms with Gasteiger partial charge in [-0.15, -0.1) is 0 Å². The van der Waals surface area contributed by atoms with E-state index in [1.54, 1.807) is 18.5 Å². The molecule has 0 saturated carbocycles. The van der Waals surface area contributed by atoms with E-state index in [2.05, 4.69) is 26.8 Å². The second-order valence-corrected chi connectivity index (χ2v) is 6.65. The standard InChI is InChI=1S/C20H16F3N5O/c1-2-17(29)25-14-10-28(11-14)19-15-7-8-24-9-16(15)26-18(27-19)12-3-5-13(6-4-12)20(21,22)23/h2-9,14H,1,10-11H2,(H,25,29). The Kier molecular flexibility index (Phi) is 4.65. The van der Waals surface area contributed by atoms with Crippen molar-refractivity contribution in [3.63, 3.8) is 0 Å². The van der Waals surface area contributed by atoms with Gasteiger partial charge in [-0.2, -0.15) is 13.2 Å². The zero-order valence-corrected chi connectivity index (χ0v) is 15.1. The normalized spacial score (nSPS) is 14.5. The maximum Gasteiger partial charge on any atom is 0.416 e. The highest BCUT2D eigenvalue weighted by atomic mass is 19.4.